The molecule has 1 N–H and O–H groups in total. The van der Waals surface area contributed by atoms with Gasteiger partial charge in [0.1, 0.15) is 6.33 Å². The largest absolute Gasteiger partial charge is 0.472 e. The number of furan rings is 1. The van der Waals surface area contributed by atoms with Crippen LogP contribution in [-0.2, 0) is 6.54 Å². The van der Waals surface area contributed by atoms with Crippen molar-refractivity contribution >= 4 is 17.3 Å². The van der Waals surface area contributed by atoms with Gasteiger partial charge in [0.25, 0.3) is 0 Å². The molecule has 19 heavy (non-hydrogen) atoms. The summed E-state index contributed by atoms with van der Waals surface area (Å²) in [5.74, 6) is 0.444. The Balaban J connectivity index is 2.35. The summed E-state index contributed by atoms with van der Waals surface area (Å²) in [5.41, 5.74) is 0.761. The van der Waals surface area contributed by atoms with E-state index in [2.05, 4.69) is 15.3 Å². The molecule has 8 heteroatoms. The van der Waals surface area contributed by atoms with E-state index in [4.69, 9.17) is 4.42 Å². The first kappa shape index (κ1) is 12.8. The van der Waals surface area contributed by atoms with Crippen molar-refractivity contribution in [3.63, 3.8) is 0 Å². The van der Waals surface area contributed by atoms with E-state index >= 15 is 0 Å². The van der Waals surface area contributed by atoms with Crippen molar-refractivity contribution in [2.45, 2.75) is 6.54 Å². The summed E-state index contributed by atoms with van der Waals surface area (Å²) in [6.07, 6.45) is 4.43. The molecule has 2 aromatic heterocycles. The molecule has 2 rings (SSSR count). The lowest BCUT2D eigenvalue weighted by atomic mass is 10.3. The van der Waals surface area contributed by atoms with Gasteiger partial charge in [-0.05, 0) is 6.07 Å². The maximum absolute atomic E-state index is 11.1. The smallest absolute Gasteiger partial charge is 0.353 e. The first-order chi connectivity index (χ1) is 9.13. The van der Waals surface area contributed by atoms with Crippen molar-refractivity contribution in [2.75, 3.05) is 24.3 Å². The lowest BCUT2D eigenvalue weighted by Crippen LogP contribution is -2.19. The predicted octanol–water partition coefficient (Wildman–Crippen LogP) is 1.66. The van der Waals surface area contributed by atoms with Crippen LogP contribution in [0.1, 0.15) is 5.56 Å². The highest BCUT2D eigenvalue weighted by atomic mass is 16.6. The van der Waals surface area contributed by atoms with Gasteiger partial charge < -0.3 is 14.6 Å². The lowest BCUT2D eigenvalue weighted by Gasteiger charge is -2.17. The van der Waals surface area contributed by atoms with Crippen molar-refractivity contribution in [3.05, 3.63) is 40.6 Å². The summed E-state index contributed by atoms with van der Waals surface area (Å²) in [5, 5.41) is 13.8. The molecule has 0 atom stereocenters. The van der Waals surface area contributed by atoms with Gasteiger partial charge in [0.05, 0.1) is 17.4 Å². The summed E-state index contributed by atoms with van der Waals surface area (Å²) in [6, 6.07) is 1.79. The van der Waals surface area contributed by atoms with E-state index in [0.717, 1.165) is 5.56 Å². The van der Waals surface area contributed by atoms with E-state index in [1.165, 1.54) is 6.33 Å². The van der Waals surface area contributed by atoms with Crippen molar-refractivity contribution in [3.8, 4) is 0 Å². The van der Waals surface area contributed by atoms with Gasteiger partial charge in [-0.2, -0.15) is 0 Å². The molecule has 0 radical (unpaired) electrons. The monoisotopic (exact) mass is 263 g/mol. The van der Waals surface area contributed by atoms with Crippen molar-refractivity contribution in [2.24, 2.45) is 0 Å². The zero-order valence-electron chi connectivity index (χ0n) is 10.5. The summed E-state index contributed by atoms with van der Waals surface area (Å²) in [6.45, 7) is 0.456. The maximum Gasteiger partial charge on any atom is 0.353 e. The van der Waals surface area contributed by atoms with Gasteiger partial charge in [-0.3, -0.25) is 10.1 Å². The van der Waals surface area contributed by atoms with Crippen LogP contribution in [0.4, 0.5) is 17.3 Å². The van der Waals surface area contributed by atoms with Gasteiger partial charge in [-0.1, -0.05) is 0 Å². The topological polar surface area (TPSA) is 97.3 Å². The van der Waals surface area contributed by atoms with Crippen LogP contribution >= 0.6 is 0 Å². The zero-order valence-corrected chi connectivity index (χ0v) is 10.5. The van der Waals surface area contributed by atoms with Crippen molar-refractivity contribution < 1.29 is 9.34 Å². The molecule has 0 unspecified atom stereocenters. The Kier molecular flexibility index (Phi) is 3.60. The molecule has 0 aromatic carbocycles. The number of hydrogen-bond acceptors (Lipinski definition) is 7. The van der Waals surface area contributed by atoms with Crippen LogP contribution in [-0.4, -0.2) is 29.0 Å². The van der Waals surface area contributed by atoms with Gasteiger partial charge in [-0.25, -0.2) is 9.97 Å². The molecule has 8 nitrogen and oxygen atoms in total. The average Bonchev–Trinajstić information content (AvgIpc) is 2.90. The molecule has 0 spiro atoms. The molecule has 100 valence electrons. The number of nitrogens with one attached hydrogen (secondary N) is 1. The summed E-state index contributed by atoms with van der Waals surface area (Å²) in [4.78, 5) is 20.2. The Morgan fingerprint density at radius 1 is 1.53 bits per heavy atom. The quantitative estimate of drug-likeness (QED) is 0.647. The van der Waals surface area contributed by atoms with Crippen LogP contribution in [0.2, 0.25) is 0 Å². The van der Waals surface area contributed by atoms with Gasteiger partial charge in [-0.15, -0.1) is 0 Å². The van der Waals surface area contributed by atoms with E-state index in [1.807, 2.05) is 0 Å². The first-order valence-electron chi connectivity index (χ1n) is 5.53. The highest BCUT2D eigenvalue weighted by Crippen LogP contribution is 2.31. The molecule has 0 aliphatic carbocycles. The molecule has 0 aliphatic rings. The van der Waals surface area contributed by atoms with E-state index < -0.39 is 4.92 Å². The Morgan fingerprint density at radius 3 is 2.89 bits per heavy atom. The first-order valence-corrected chi connectivity index (χ1v) is 5.53. The minimum atomic E-state index is -0.493. The van der Waals surface area contributed by atoms with Gasteiger partial charge in [0, 0.05) is 26.2 Å². The number of anilines is 2. The molecule has 2 heterocycles. The van der Waals surface area contributed by atoms with E-state index in [9.17, 15) is 10.1 Å². The molecular formula is C11H13N5O3. The Morgan fingerprint density at radius 2 is 2.32 bits per heavy atom. The number of nitrogens with zero attached hydrogens (tertiary/aromatic N) is 4. The Labute approximate surface area is 109 Å². The van der Waals surface area contributed by atoms with Crippen LogP contribution in [0.5, 0.6) is 0 Å². The van der Waals surface area contributed by atoms with Gasteiger partial charge in [0.2, 0.25) is 11.6 Å². The minimum Gasteiger partial charge on any atom is -0.472 e. The third-order valence-corrected chi connectivity index (χ3v) is 2.58. The molecule has 0 amide bonds. The number of rotatable bonds is 5. The molecule has 0 fully saturated rings. The van der Waals surface area contributed by atoms with Gasteiger partial charge in [0.15, 0.2) is 0 Å². The standard InChI is InChI=1S/C11H13N5O3/c1-12-10-9(16(17)18)11(14-7-13-10)15(2)5-8-3-4-19-6-8/h3-4,6-7H,5H2,1-2H3,(H,12,13,14). The van der Waals surface area contributed by atoms with Gasteiger partial charge >= 0.3 is 5.69 Å². The van der Waals surface area contributed by atoms with Crippen LogP contribution in [0.25, 0.3) is 0 Å². The number of aromatic nitrogens is 2. The Bertz CT molecular complexity index is 570. The number of nitro groups is 1. The summed E-state index contributed by atoms with van der Waals surface area (Å²) >= 11 is 0. The normalized spacial score (nSPS) is 10.2. The van der Waals surface area contributed by atoms with Crippen molar-refractivity contribution in [1.29, 1.82) is 0 Å². The predicted molar refractivity (Wildman–Crippen MR) is 69.0 cm³/mol. The van der Waals surface area contributed by atoms with Crippen LogP contribution in [0.3, 0.4) is 0 Å². The zero-order chi connectivity index (χ0) is 13.8. The molecule has 0 saturated carbocycles. The Hall–Kier alpha value is -2.64. The van der Waals surface area contributed by atoms with Crippen LogP contribution < -0.4 is 10.2 Å². The second-order valence-corrected chi connectivity index (χ2v) is 3.89. The highest BCUT2D eigenvalue weighted by Gasteiger charge is 2.24. The maximum atomic E-state index is 11.1. The number of hydrogen-bond donors (Lipinski definition) is 1. The second kappa shape index (κ2) is 5.34. The van der Waals surface area contributed by atoms with E-state index in [0.29, 0.717) is 6.54 Å². The van der Waals surface area contributed by atoms with E-state index in [-0.39, 0.29) is 17.3 Å². The fraction of sp³-hybridized carbons (Fsp3) is 0.273. The third kappa shape index (κ3) is 2.62. The fourth-order valence-corrected chi connectivity index (χ4v) is 1.73. The van der Waals surface area contributed by atoms with Crippen LogP contribution in [0.15, 0.2) is 29.3 Å². The van der Waals surface area contributed by atoms with E-state index in [1.54, 1.807) is 37.6 Å². The fourth-order valence-electron chi connectivity index (χ4n) is 1.73. The van der Waals surface area contributed by atoms with Crippen LogP contribution in [0, 0.1) is 10.1 Å². The molecule has 0 saturated heterocycles. The minimum absolute atomic E-state index is 0.143. The molecule has 2 aromatic rings. The van der Waals surface area contributed by atoms with Crippen molar-refractivity contribution in [1.82, 2.24) is 9.97 Å². The third-order valence-electron chi connectivity index (χ3n) is 2.58. The lowest BCUT2D eigenvalue weighted by molar-refractivity contribution is -0.383. The molecular weight excluding hydrogens is 250 g/mol. The molecule has 0 bridgehead atoms. The average molecular weight is 263 g/mol. The second-order valence-electron chi connectivity index (χ2n) is 3.89. The summed E-state index contributed by atoms with van der Waals surface area (Å²) in [7, 11) is 3.30. The summed E-state index contributed by atoms with van der Waals surface area (Å²) < 4.78 is 4.97. The molecule has 0 aliphatic heterocycles. The SMILES string of the molecule is CNc1ncnc(N(C)Cc2ccoc2)c1[N+](=O)[O-]. The highest BCUT2D eigenvalue weighted by molar-refractivity contribution is 5.69.